The van der Waals surface area contributed by atoms with Gasteiger partial charge in [0.25, 0.3) is 5.91 Å². The summed E-state index contributed by atoms with van der Waals surface area (Å²) in [6.45, 7) is 4.13. The van der Waals surface area contributed by atoms with Crippen molar-refractivity contribution >= 4 is 28.9 Å². The van der Waals surface area contributed by atoms with Gasteiger partial charge in [-0.1, -0.05) is 23.7 Å². The van der Waals surface area contributed by atoms with E-state index in [1.807, 2.05) is 25.1 Å². The summed E-state index contributed by atoms with van der Waals surface area (Å²) in [5.74, 6) is -0.377. The summed E-state index contributed by atoms with van der Waals surface area (Å²) in [4.78, 5) is 23.3. The summed E-state index contributed by atoms with van der Waals surface area (Å²) < 4.78 is 6.74. The first-order valence-electron chi connectivity index (χ1n) is 8.72. The number of carbonyl (C=O) groups excluding carboxylic acids is 1. The Morgan fingerprint density at radius 3 is 2.69 bits per heavy atom. The molecule has 0 aliphatic rings. The second-order valence-electron chi connectivity index (χ2n) is 6.43. The maximum absolute atomic E-state index is 12.7. The van der Waals surface area contributed by atoms with E-state index in [2.05, 4.69) is 10.4 Å². The maximum Gasteiger partial charge on any atom is 0.311 e. The summed E-state index contributed by atoms with van der Waals surface area (Å²) in [5, 5.41) is 19.1. The fourth-order valence-corrected chi connectivity index (χ4v) is 3.21. The van der Waals surface area contributed by atoms with E-state index in [4.69, 9.17) is 16.3 Å². The van der Waals surface area contributed by atoms with Crippen molar-refractivity contribution < 1.29 is 14.5 Å². The number of nitrogens with one attached hydrogen (secondary N) is 1. The zero-order chi connectivity index (χ0) is 21.1. The molecule has 0 saturated carbocycles. The fourth-order valence-electron chi connectivity index (χ4n) is 3.00. The molecule has 1 amide bonds. The van der Waals surface area contributed by atoms with E-state index < -0.39 is 10.8 Å². The molecular weight excluding hydrogens is 396 g/mol. The number of amides is 1. The number of rotatable bonds is 6. The SMILES string of the molecule is COc1ccc(C(=O)Nc2c(C)nn(Cc3cccc(Cl)c3)c2C)cc1[N+](=O)[O-]. The van der Waals surface area contributed by atoms with E-state index in [9.17, 15) is 14.9 Å². The largest absolute Gasteiger partial charge is 0.490 e. The number of aromatic nitrogens is 2. The Morgan fingerprint density at radius 2 is 2.03 bits per heavy atom. The van der Waals surface area contributed by atoms with Crippen LogP contribution in [0.3, 0.4) is 0 Å². The van der Waals surface area contributed by atoms with Crippen molar-refractivity contribution in [3.63, 3.8) is 0 Å². The monoisotopic (exact) mass is 414 g/mol. The highest BCUT2D eigenvalue weighted by Crippen LogP contribution is 2.28. The van der Waals surface area contributed by atoms with E-state index in [1.54, 1.807) is 17.7 Å². The lowest BCUT2D eigenvalue weighted by Crippen LogP contribution is -2.14. The number of nitro benzene ring substituents is 1. The van der Waals surface area contributed by atoms with Crippen molar-refractivity contribution in [2.24, 2.45) is 0 Å². The lowest BCUT2D eigenvalue weighted by molar-refractivity contribution is -0.385. The van der Waals surface area contributed by atoms with E-state index in [-0.39, 0.29) is 17.0 Å². The van der Waals surface area contributed by atoms with Crippen molar-refractivity contribution in [3.8, 4) is 5.75 Å². The van der Waals surface area contributed by atoms with Gasteiger partial charge < -0.3 is 10.1 Å². The van der Waals surface area contributed by atoms with Crippen molar-refractivity contribution in [1.82, 2.24) is 9.78 Å². The minimum absolute atomic E-state index is 0.0910. The zero-order valence-electron chi connectivity index (χ0n) is 16.1. The average Bonchev–Trinajstić information content (AvgIpc) is 2.94. The van der Waals surface area contributed by atoms with Crippen LogP contribution in [0.4, 0.5) is 11.4 Å². The molecular formula is C20H19ClN4O4. The number of anilines is 1. The highest BCUT2D eigenvalue weighted by molar-refractivity contribution is 6.30. The van der Waals surface area contributed by atoms with Crippen LogP contribution in [0, 0.1) is 24.0 Å². The van der Waals surface area contributed by atoms with Crippen LogP contribution in [-0.4, -0.2) is 27.7 Å². The van der Waals surface area contributed by atoms with Crippen LogP contribution < -0.4 is 10.1 Å². The van der Waals surface area contributed by atoms with Crippen LogP contribution in [0.15, 0.2) is 42.5 Å². The van der Waals surface area contributed by atoms with Crippen molar-refractivity contribution in [2.75, 3.05) is 12.4 Å². The number of aryl methyl sites for hydroxylation is 1. The molecule has 3 rings (SSSR count). The number of hydrogen-bond acceptors (Lipinski definition) is 5. The Morgan fingerprint density at radius 1 is 1.28 bits per heavy atom. The topological polar surface area (TPSA) is 99.3 Å². The summed E-state index contributed by atoms with van der Waals surface area (Å²) >= 11 is 6.04. The first kappa shape index (κ1) is 20.3. The number of halogens is 1. The Balaban J connectivity index is 1.85. The van der Waals surface area contributed by atoms with Gasteiger partial charge in [-0.05, 0) is 43.7 Å². The van der Waals surface area contributed by atoms with Crippen LogP contribution in [0.5, 0.6) is 5.75 Å². The molecule has 29 heavy (non-hydrogen) atoms. The average molecular weight is 415 g/mol. The molecule has 0 unspecified atom stereocenters. The summed E-state index contributed by atoms with van der Waals surface area (Å²) in [6, 6.07) is 11.5. The third-order valence-corrected chi connectivity index (χ3v) is 4.71. The second-order valence-corrected chi connectivity index (χ2v) is 6.87. The Hall–Kier alpha value is -3.39. The van der Waals surface area contributed by atoms with Crippen LogP contribution in [0.2, 0.25) is 5.02 Å². The standard InChI is InChI=1S/C20H19ClN4O4/c1-12-19(13(2)24(23-12)11-14-5-4-6-16(21)9-14)22-20(26)15-7-8-18(29-3)17(10-15)25(27)28/h4-10H,11H2,1-3H3,(H,22,26). The number of nitro groups is 1. The van der Waals surface area contributed by atoms with E-state index in [0.29, 0.717) is 22.9 Å². The first-order chi connectivity index (χ1) is 13.8. The van der Waals surface area contributed by atoms with Crippen LogP contribution in [-0.2, 0) is 6.54 Å². The van der Waals surface area contributed by atoms with Crippen molar-refractivity contribution in [1.29, 1.82) is 0 Å². The molecule has 9 heteroatoms. The quantitative estimate of drug-likeness (QED) is 0.477. The summed E-state index contributed by atoms with van der Waals surface area (Å²) in [6.07, 6.45) is 0. The molecule has 0 aliphatic carbocycles. The minimum atomic E-state index is -0.588. The van der Waals surface area contributed by atoms with Gasteiger partial charge in [-0.3, -0.25) is 19.6 Å². The predicted molar refractivity (Wildman–Crippen MR) is 110 cm³/mol. The Kier molecular flexibility index (Phi) is 5.84. The number of benzene rings is 2. The molecule has 1 aromatic heterocycles. The first-order valence-corrected chi connectivity index (χ1v) is 9.10. The van der Waals surface area contributed by atoms with Crippen LogP contribution in [0.25, 0.3) is 0 Å². The van der Waals surface area contributed by atoms with Gasteiger partial charge in [-0.2, -0.15) is 5.10 Å². The van der Waals surface area contributed by atoms with Crippen molar-refractivity contribution in [2.45, 2.75) is 20.4 Å². The van der Waals surface area contributed by atoms with Gasteiger partial charge in [0.15, 0.2) is 5.75 Å². The minimum Gasteiger partial charge on any atom is -0.490 e. The van der Waals surface area contributed by atoms with Gasteiger partial charge in [-0.15, -0.1) is 0 Å². The number of nitrogens with zero attached hydrogens (tertiary/aromatic N) is 3. The molecule has 0 atom stereocenters. The van der Waals surface area contributed by atoms with Gasteiger partial charge >= 0.3 is 5.69 Å². The van der Waals surface area contributed by atoms with Gasteiger partial charge in [0.05, 0.1) is 35.7 Å². The molecule has 0 spiro atoms. The molecule has 2 aromatic carbocycles. The highest BCUT2D eigenvalue weighted by Gasteiger charge is 2.20. The van der Waals surface area contributed by atoms with Gasteiger partial charge in [0, 0.05) is 16.7 Å². The smallest absolute Gasteiger partial charge is 0.311 e. The van der Waals surface area contributed by atoms with Gasteiger partial charge in [0.1, 0.15) is 0 Å². The summed E-state index contributed by atoms with van der Waals surface area (Å²) in [5.41, 5.74) is 2.83. The number of hydrogen-bond donors (Lipinski definition) is 1. The zero-order valence-corrected chi connectivity index (χ0v) is 16.9. The maximum atomic E-state index is 12.7. The Labute approximate surface area is 172 Å². The summed E-state index contributed by atoms with van der Waals surface area (Å²) in [7, 11) is 1.34. The molecule has 0 saturated heterocycles. The second kappa shape index (κ2) is 8.32. The number of ether oxygens (including phenoxy) is 1. The lowest BCUT2D eigenvalue weighted by Gasteiger charge is -2.08. The van der Waals surface area contributed by atoms with Gasteiger partial charge in [0.2, 0.25) is 0 Å². The Bertz CT molecular complexity index is 1090. The fraction of sp³-hybridized carbons (Fsp3) is 0.200. The highest BCUT2D eigenvalue weighted by atomic mass is 35.5. The number of carbonyl (C=O) groups is 1. The van der Waals surface area contributed by atoms with E-state index >= 15 is 0 Å². The van der Waals surface area contributed by atoms with E-state index in [0.717, 1.165) is 11.3 Å². The van der Waals surface area contributed by atoms with Crippen LogP contribution in [0.1, 0.15) is 27.3 Å². The molecule has 1 N–H and O–H groups in total. The molecule has 3 aromatic rings. The molecule has 0 radical (unpaired) electrons. The third kappa shape index (κ3) is 4.38. The third-order valence-electron chi connectivity index (χ3n) is 4.48. The lowest BCUT2D eigenvalue weighted by atomic mass is 10.1. The van der Waals surface area contributed by atoms with E-state index in [1.165, 1.54) is 25.3 Å². The number of methoxy groups -OCH3 is 1. The molecule has 0 aliphatic heterocycles. The molecule has 0 bridgehead atoms. The molecule has 8 nitrogen and oxygen atoms in total. The molecule has 1 heterocycles. The normalized spacial score (nSPS) is 10.6. The molecule has 0 fully saturated rings. The van der Waals surface area contributed by atoms with Crippen molar-refractivity contribution in [3.05, 3.63) is 80.1 Å². The molecule has 150 valence electrons. The predicted octanol–water partition coefficient (Wildman–Crippen LogP) is 4.37. The van der Waals surface area contributed by atoms with Gasteiger partial charge in [-0.25, -0.2) is 0 Å². The van der Waals surface area contributed by atoms with Crippen LogP contribution >= 0.6 is 11.6 Å².